The number of carbonyl (C=O) groups is 2. The third-order valence-electron chi connectivity index (χ3n) is 4.28. The van der Waals surface area contributed by atoms with Crippen molar-refractivity contribution < 1.29 is 18.7 Å². The summed E-state index contributed by atoms with van der Waals surface area (Å²) in [5, 5.41) is 4.23. The van der Waals surface area contributed by atoms with Crippen molar-refractivity contribution in [1.29, 1.82) is 0 Å². The van der Waals surface area contributed by atoms with Crippen LogP contribution in [0.25, 0.3) is 11.0 Å². The van der Waals surface area contributed by atoms with Crippen LogP contribution in [0.2, 0.25) is 0 Å². The number of anilines is 1. The van der Waals surface area contributed by atoms with E-state index in [0.717, 1.165) is 11.0 Å². The number of furan rings is 1. The third-order valence-corrected chi connectivity index (χ3v) is 5.30. The fourth-order valence-corrected chi connectivity index (χ4v) is 3.53. The molecule has 1 aliphatic rings. The minimum Gasteiger partial charge on any atom is -0.486 e. The molecule has 0 atom stereocenters. The second kappa shape index (κ2) is 6.33. The van der Waals surface area contributed by atoms with Crippen LogP contribution in [-0.2, 0) is 4.79 Å². The Morgan fingerprint density at radius 3 is 2.92 bits per heavy atom. The molecule has 1 aliphatic carbocycles. The molecular formula is C18H16N2O4S. The summed E-state index contributed by atoms with van der Waals surface area (Å²) in [5.74, 6) is 0.464. The second-order valence-corrected chi connectivity index (χ2v) is 7.11. The van der Waals surface area contributed by atoms with Gasteiger partial charge in [0.1, 0.15) is 6.10 Å². The smallest absolute Gasteiger partial charge is 0.229 e. The quantitative estimate of drug-likeness (QED) is 0.702. The molecule has 1 N–H and O–H groups in total. The molecule has 0 unspecified atom stereocenters. The molecule has 4 rings (SSSR count). The molecule has 6 nitrogen and oxygen atoms in total. The van der Waals surface area contributed by atoms with Gasteiger partial charge in [-0.15, -0.1) is 0 Å². The molecule has 0 spiro atoms. The van der Waals surface area contributed by atoms with Crippen molar-refractivity contribution in [2.75, 3.05) is 5.32 Å². The minimum absolute atomic E-state index is 0.00414. The number of thiazole rings is 1. The predicted octanol–water partition coefficient (Wildman–Crippen LogP) is 3.89. The number of para-hydroxylation sites is 1. The summed E-state index contributed by atoms with van der Waals surface area (Å²) in [6.07, 6.45) is 4.41. The lowest BCUT2D eigenvalue weighted by Gasteiger charge is -2.34. The van der Waals surface area contributed by atoms with Gasteiger partial charge in [-0.2, -0.15) is 0 Å². The molecule has 1 amide bonds. The van der Waals surface area contributed by atoms with E-state index in [1.54, 1.807) is 6.26 Å². The molecule has 1 fully saturated rings. The molecule has 7 heteroatoms. The maximum atomic E-state index is 12.2. The summed E-state index contributed by atoms with van der Waals surface area (Å²) < 4.78 is 11.4. The Kier molecular flexibility index (Phi) is 4.01. The maximum Gasteiger partial charge on any atom is 0.229 e. The summed E-state index contributed by atoms with van der Waals surface area (Å²) in [6.45, 7) is 1.48. The zero-order valence-corrected chi connectivity index (χ0v) is 14.3. The zero-order valence-electron chi connectivity index (χ0n) is 13.5. The summed E-state index contributed by atoms with van der Waals surface area (Å²) in [7, 11) is 0. The van der Waals surface area contributed by atoms with E-state index in [0.29, 0.717) is 28.6 Å². The van der Waals surface area contributed by atoms with Gasteiger partial charge < -0.3 is 14.5 Å². The van der Waals surface area contributed by atoms with E-state index in [2.05, 4.69) is 10.3 Å². The van der Waals surface area contributed by atoms with Crippen LogP contribution in [0.1, 0.15) is 29.4 Å². The number of rotatable bonds is 5. The number of hydrogen-bond donors (Lipinski definition) is 1. The van der Waals surface area contributed by atoms with Gasteiger partial charge in [-0.3, -0.25) is 9.59 Å². The lowest BCUT2D eigenvalue weighted by Crippen LogP contribution is -2.40. The Morgan fingerprint density at radius 1 is 1.32 bits per heavy atom. The van der Waals surface area contributed by atoms with Crippen LogP contribution in [-0.4, -0.2) is 22.8 Å². The van der Waals surface area contributed by atoms with E-state index in [9.17, 15) is 9.59 Å². The first-order valence-corrected chi connectivity index (χ1v) is 8.82. The van der Waals surface area contributed by atoms with Gasteiger partial charge in [0.05, 0.1) is 17.3 Å². The molecule has 128 valence electrons. The number of ketones is 1. The number of nitrogens with zero attached hydrogens (tertiary/aromatic N) is 1. The summed E-state index contributed by atoms with van der Waals surface area (Å²) in [6, 6.07) is 7.65. The van der Waals surface area contributed by atoms with Gasteiger partial charge in [-0.1, -0.05) is 23.5 Å². The first-order valence-electron chi connectivity index (χ1n) is 8.00. The number of Topliss-reactive ketones (excluding diaryl/α,β-unsaturated/α-hetero) is 1. The van der Waals surface area contributed by atoms with Gasteiger partial charge >= 0.3 is 0 Å². The van der Waals surface area contributed by atoms with Crippen molar-refractivity contribution in [2.45, 2.75) is 25.9 Å². The van der Waals surface area contributed by atoms with E-state index in [1.165, 1.54) is 24.5 Å². The number of benzene rings is 1. The van der Waals surface area contributed by atoms with Crippen LogP contribution in [0.5, 0.6) is 5.75 Å². The highest BCUT2D eigenvalue weighted by molar-refractivity contribution is 7.17. The van der Waals surface area contributed by atoms with Crippen molar-refractivity contribution in [3.8, 4) is 5.75 Å². The van der Waals surface area contributed by atoms with Crippen molar-refractivity contribution in [3.05, 3.63) is 41.6 Å². The monoisotopic (exact) mass is 356 g/mol. The van der Waals surface area contributed by atoms with E-state index in [-0.39, 0.29) is 23.7 Å². The fourth-order valence-electron chi connectivity index (χ4n) is 2.82. The van der Waals surface area contributed by atoms with E-state index in [1.807, 2.05) is 24.3 Å². The van der Waals surface area contributed by atoms with Crippen molar-refractivity contribution in [3.63, 3.8) is 0 Å². The number of hydrogen-bond acceptors (Lipinski definition) is 6. The summed E-state index contributed by atoms with van der Waals surface area (Å²) in [5.41, 5.74) is 0.731. The van der Waals surface area contributed by atoms with E-state index < -0.39 is 0 Å². The van der Waals surface area contributed by atoms with Crippen LogP contribution >= 0.6 is 11.3 Å². The molecule has 3 aromatic rings. The van der Waals surface area contributed by atoms with Gasteiger partial charge in [0.15, 0.2) is 22.2 Å². The lowest BCUT2D eigenvalue weighted by atomic mass is 9.81. The first kappa shape index (κ1) is 15.8. The van der Waals surface area contributed by atoms with E-state index >= 15 is 0 Å². The Hall–Kier alpha value is -2.67. The fraction of sp³-hybridized carbons (Fsp3) is 0.278. The van der Waals surface area contributed by atoms with Crippen molar-refractivity contribution >= 4 is 39.1 Å². The van der Waals surface area contributed by atoms with Crippen LogP contribution in [0.4, 0.5) is 5.13 Å². The second-order valence-electron chi connectivity index (χ2n) is 6.08. The number of carbonyl (C=O) groups excluding carboxylic acids is 2. The topological polar surface area (TPSA) is 81.4 Å². The highest BCUT2D eigenvalue weighted by Crippen LogP contribution is 2.35. The van der Waals surface area contributed by atoms with Gasteiger partial charge in [-0.05, 0) is 25.0 Å². The molecular weight excluding hydrogens is 340 g/mol. The Bertz CT molecular complexity index is 939. The van der Waals surface area contributed by atoms with Crippen LogP contribution in [0.3, 0.4) is 0 Å². The van der Waals surface area contributed by atoms with Crippen LogP contribution in [0, 0.1) is 5.92 Å². The molecule has 0 radical (unpaired) electrons. The average Bonchev–Trinajstić information content (AvgIpc) is 3.19. The standard InChI is InChI=1S/C18H16N2O4S/c1-10(21)15-9-19-18(25-15)20-17(22)12-7-13(8-12)24-14-4-2-3-11-5-6-23-16(11)14/h2-6,9,12-13H,7-8H2,1H3,(H,19,20,22). The van der Waals surface area contributed by atoms with Gasteiger partial charge in [0, 0.05) is 18.2 Å². The number of nitrogens with one attached hydrogen (secondary N) is 1. The molecule has 0 saturated heterocycles. The Balaban J connectivity index is 1.33. The number of amides is 1. The highest BCUT2D eigenvalue weighted by atomic mass is 32.1. The van der Waals surface area contributed by atoms with Crippen molar-refractivity contribution in [2.24, 2.45) is 5.92 Å². The Labute approximate surface area is 147 Å². The van der Waals surface area contributed by atoms with Gasteiger partial charge in [0.2, 0.25) is 5.91 Å². The Morgan fingerprint density at radius 2 is 2.16 bits per heavy atom. The predicted molar refractivity (Wildman–Crippen MR) is 94.1 cm³/mol. The molecule has 0 aliphatic heterocycles. The first-order chi connectivity index (χ1) is 12.1. The highest BCUT2D eigenvalue weighted by Gasteiger charge is 2.36. The minimum atomic E-state index is -0.106. The molecule has 1 aromatic carbocycles. The summed E-state index contributed by atoms with van der Waals surface area (Å²) in [4.78, 5) is 28.1. The number of aromatic nitrogens is 1. The van der Waals surface area contributed by atoms with Gasteiger partial charge in [0.25, 0.3) is 0 Å². The number of fused-ring (bicyclic) bond motifs is 1. The summed E-state index contributed by atoms with van der Waals surface area (Å²) >= 11 is 1.19. The molecule has 2 aromatic heterocycles. The molecule has 2 heterocycles. The normalized spacial score (nSPS) is 19.4. The zero-order chi connectivity index (χ0) is 17.4. The molecule has 25 heavy (non-hydrogen) atoms. The average molecular weight is 356 g/mol. The number of ether oxygens (including phenoxy) is 1. The van der Waals surface area contributed by atoms with Crippen LogP contribution < -0.4 is 10.1 Å². The molecule has 1 saturated carbocycles. The lowest BCUT2D eigenvalue weighted by molar-refractivity contribution is -0.125. The third kappa shape index (κ3) is 3.15. The molecule has 0 bridgehead atoms. The van der Waals surface area contributed by atoms with Crippen molar-refractivity contribution in [1.82, 2.24) is 4.98 Å². The largest absolute Gasteiger partial charge is 0.486 e. The SMILES string of the molecule is CC(=O)c1cnc(NC(=O)C2CC(Oc3cccc4ccoc34)C2)s1. The van der Waals surface area contributed by atoms with Crippen LogP contribution in [0.15, 0.2) is 41.1 Å². The van der Waals surface area contributed by atoms with Gasteiger partial charge in [-0.25, -0.2) is 4.98 Å². The van der Waals surface area contributed by atoms with E-state index in [4.69, 9.17) is 9.15 Å². The maximum absolute atomic E-state index is 12.2.